The van der Waals surface area contributed by atoms with Gasteiger partial charge in [0.15, 0.2) is 0 Å². The normalized spacial score (nSPS) is 14.0. The molecule has 0 aliphatic carbocycles. The number of carbonyl (C=O) groups excluding carboxylic acids is 1. The predicted octanol–water partition coefficient (Wildman–Crippen LogP) is 12.9. The average molecular weight is 920 g/mol. The van der Waals surface area contributed by atoms with Crippen molar-refractivity contribution in [2.45, 2.75) is 62.3 Å². The molecular weight excluding hydrogens is 882 g/mol. The Labute approximate surface area is 365 Å². The number of hydrogen-bond donors (Lipinski definition) is 2. The first-order chi connectivity index (χ1) is 29.9. The summed E-state index contributed by atoms with van der Waals surface area (Å²) in [5.74, 6) is -4.99. The molecule has 0 saturated carbocycles. The van der Waals surface area contributed by atoms with Crippen molar-refractivity contribution in [3.63, 3.8) is 0 Å². The second-order valence-electron chi connectivity index (χ2n) is 14.6. The molecule has 3 N–H and O–H groups in total. The Kier molecular flexibility index (Phi) is 16.0. The van der Waals surface area contributed by atoms with Gasteiger partial charge in [-0.2, -0.15) is 39.5 Å². The molecule has 4 nitrogen and oxygen atoms in total. The number of amides is 1. The van der Waals surface area contributed by atoms with Crippen molar-refractivity contribution in [1.82, 2.24) is 5.32 Å². The fourth-order valence-electron chi connectivity index (χ4n) is 6.99. The summed E-state index contributed by atoms with van der Waals surface area (Å²) in [4.78, 5) is 16.5. The van der Waals surface area contributed by atoms with Gasteiger partial charge in [0.05, 0.1) is 35.5 Å². The van der Waals surface area contributed by atoms with Crippen molar-refractivity contribution in [2.24, 2.45) is 5.73 Å². The van der Waals surface area contributed by atoms with Crippen molar-refractivity contribution in [2.75, 3.05) is 0 Å². The van der Waals surface area contributed by atoms with Gasteiger partial charge in [0.25, 0.3) is 5.54 Å². The van der Waals surface area contributed by atoms with Crippen molar-refractivity contribution in [3.05, 3.63) is 225 Å². The Morgan fingerprint density at radius 3 is 1.35 bits per heavy atom. The van der Waals surface area contributed by atoms with E-state index in [-0.39, 0.29) is 43.0 Å². The van der Waals surface area contributed by atoms with Gasteiger partial charge in [0.2, 0.25) is 5.91 Å². The van der Waals surface area contributed by atoms with Crippen LogP contribution < -0.4 is 11.1 Å². The van der Waals surface area contributed by atoms with Crippen LogP contribution in [0, 0.1) is 29.8 Å². The van der Waals surface area contributed by atoms with Gasteiger partial charge < -0.3 is 11.1 Å². The van der Waals surface area contributed by atoms with Crippen LogP contribution in [0.4, 0.5) is 57.1 Å². The van der Waals surface area contributed by atoms with E-state index >= 15 is 0 Å². The van der Waals surface area contributed by atoms with E-state index in [9.17, 15) is 61.9 Å². The van der Waals surface area contributed by atoms with Gasteiger partial charge in [-0.3, -0.25) is 9.64 Å². The zero-order valence-electron chi connectivity index (χ0n) is 32.9. The molecule has 0 bridgehead atoms. The maximum atomic E-state index is 14.5. The first-order valence-electron chi connectivity index (χ1n) is 18.8. The highest BCUT2D eigenvalue weighted by molar-refractivity contribution is 5.83. The molecule has 65 heavy (non-hydrogen) atoms. The first kappa shape index (κ1) is 51.0. The maximum absolute atomic E-state index is 14.5. The predicted molar refractivity (Wildman–Crippen MR) is 218 cm³/mol. The highest BCUT2D eigenvalue weighted by Crippen LogP contribution is 2.42. The Morgan fingerprint density at radius 2 is 0.923 bits per heavy atom. The molecule has 0 aliphatic rings. The lowest BCUT2D eigenvalue weighted by molar-refractivity contribution is -0.148. The van der Waals surface area contributed by atoms with E-state index in [1.807, 2.05) is 0 Å². The molecule has 6 rings (SSSR count). The van der Waals surface area contributed by atoms with Crippen LogP contribution >= 0.6 is 0 Å². The average Bonchev–Trinajstić information content (AvgIpc) is 3.22. The van der Waals surface area contributed by atoms with Gasteiger partial charge in [-0.1, -0.05) is 80.2 Å². The number of hydrogen-bond acceptors (Lipinski definition) is 2. The molecule has 0 radical (unpaired) electrons. The van der Waals surface area contributed by atoms with Crippen molar-refractivity contribution in [3.8, 4) is 0 Å². The van der Waals surface area contributed by atoms with Crippen LogP contribution in [-0.2, 0) is 41.1 Å². The summed E-state index contributed by atoms with van der Waals surface area (Å²) in [6.07, 6.45) is -16.6. The summed E-state index contributed by atoms with van der Waals surface area (Å²) in [7, 11) is 0. The lowest BCUT2D eigenvalue weighted by Crippen LogP contribution is -2.54. The number of nitrogens with one attached hydrogen (secondary N) is 1. The Hall–Kier alpha value is -6.67. The third-order valence-electron chi connectivity index (χ3n) is 10.0. The van der Waals surface area contributed by atoms with Crippen molar-refractivity contribution < 1.29 is 61.9 Å². The molecule has 0 spiro atoms. The number of alkyl halides is 9. The van der Waals surface area contributed by atoms with Gasteiger partial charge in [-0.15, -0.1) is 0 Å². The SMILES string of the molecule is C.NC(CC(F)(F)F)C(=O)N[C@](Cc1ccccc1)(c1ccc(F)cc1)c1cc(F)cc(C(F)(F)F)c1.[C-]#[N+][C@](Cc1ccccc1)(c1ccc(F)cc1)c1cc(F)cc(C(F)(F)F)c1. The number of benzene rings is 6. The number of halogens is 13. The molecule has 1 unspecified atom stereocenters. The minimum Gasteiger partial charge on any atom is -0.341 e. The van der Waals surface area contributed by atoms with E-state index in [0.717, 1.165) is 54.6 Å². The van der Waals surface area contributed by atoms with Crippen molar-refractivity contribution in [1.29, 1.82) is 0 Å². The molecule has 342 valence electrons. The lowest BCUT2D eigenvalue weighted by atomic mass is 9.77. The first-order valence-corrected chi connectivity index (χ1v) is 18.8. The van der Waals surface area contributed by atoms with Crippen LogP contribution in [0.3, 0.4) is 0 Å². The molecule has 0 aliphatic heterocycles. The van der Waals surface area contributed by atoms with E-state index in [2.05, 4.69) is 10.2 Å². The molecule has 1 amide bonds. The van der Waals surface area contributed by atoms with E-state index in [1.165, 1.54) is 12.1 Å². The summed E-state index contributed by atoms with van der Waals surface area (Å²) >= 11 is 0. The largest absolute Gasteiger partial charge is 0.416 e. The summed E-state index contributed by atoms with van der Waals surface area (Å²) in [5.41, 5.74) is 0.0685. The summed E-state index contributed by atoms with van der Waals surface area (Å²) in [6.45, 7) is 7.81. The molecular formula is C48H38F13N3O. The summed E-state index contributed by atoms with van der Waals surface area (Å²) in [6, 6.07) is 27.4. The third-order valence-corrected chi connectivity index (χ3v) is 10.0. The van der Waals surface area contributed by atoms with E-state index in [0.29, 0.717) is 23.3 Å². The smallest absolute Gasteiger partial charge is 0.341 e. The minimum atomic E-state index is -4.98. The van der Waals surface area contributed by atoms with E-state index < -0.39 is 87.9 Å². The van der Waals surface area contributed by atoms with Crippen LogP contribution in [0.1, 0.15) is 58.4 Å². The molecule has 0 saturated heterocycles. The highest BCUT2D eigenvalue weighted by atomic mass is 19.4. The molecule has 17 heteroatoms. The minimum absolute atomic E-state index is 0. The zero-order chi connectivity index (χ0) is 47.1. The fraction of sp³-hybridized carbons (Fsp3) is 0.208. The molecule has 0 heterocycles. The molecule has 0 fully saturated rings. The number of nitrogens with two attached hydrogens (primary N) is 1. The Bertz CT molecular complexity index is 2560. The Morgan fingerprint density at radius 1 is 0.523 bits per heavy atom. The lowest BCUT2D eigenvalue weighted by Gasteiger charge is -2.38. The van der Waals surface area contributed by atoms with Gasteiger partial charge in [-0.25, -0.2) is 24.1 Å². The quantitative estimate of drug-likeness (QED) is 0.100. The van der Waals surface area contributed by atoms with E-state index in [4.69, 9.17) is 12.3 Å². The molecule has 6 aromatic rings. The number of carbonyl (C=O) groups is 1. The molecule has 0 aromatic heterocycles. The van der Waals surface area contributed by atoms with Crippen LogP contribution in [0.15, 0.2) is 146 Å². The zero-order valence-corrected chi connectivity index (χ0v) is 32.9. The number of nitrogens with zero attached hydrogens (tertiary/aromatic N) is 1. The highest BCUT2D eigenvalue weighted by Gasteiger charge is 2.45. The van der Waals surface area contributed by atoms with Gasteiger partial charge >= 0.3 is 18.5 Å². The third kappa shape index (κ3) is 13.0. The van der Waals surface area contributed by atoms with Gasteiger partial charge in [0.1, 0.15) is 23.3 Å². The van der Waals surface area contributed by atoms with Gasteiger partial charge in [0, 0.05) is 17.5 Å². The molecule has 3 atom stereocenters. The fourth-order valence-corrected chi connectivity index (χ4v) is 6.99. The summed E-state index contributed by atoms with van der Waals surface area (Å²) in [5, 5.41) is 2.34. The topological polar surface area (TPSA) is 59.5 Å². The van der Waals surface area contributed by atoms with Gasteiger partial charge in [-0.05, 0) is 95.1 Å². The molecule has 6 aromatic carbocycles. The second-order valence-corrected chi connectivity index (χ2v) is 14.6. The standard InChI is InChI=1S/C25H20F8N2O.C22H14F5N.CH4/c26-19-8-6-16(7-9-19)23(13-15-4-2-1-3-5-15,35-22(36)21(34)14-24(28,29)30)17-10-18(25(31,32)33)12-20(27)11-17;1-28-21(14-15-5-3-2-4-6-15,16-7-9-19(23)10-8-16)17-11-18(22(25,26)27)13-20(24)12-17;/h1-12,21H,13-14,34H2,(H,35,36);2-13H,14H2;1H4/t21?,23-;21-;/m11./s1. The number of rotatable bonds is 11. The van der Waals surface area contributed by atoms with Crippen LogP contribution in [0.5, 0.6) is 0 Å². The van der Waals surface area contributed by atoms with Crippen LogP contribution in [0.25, 0.3) is 4.85 Å². The summed E-state index contributed by atoms with van der Waals surface area (Å²) < 4.78 is 175. The van der Waals surface area contributed by atoms with Crippen LogP contribution in [-0.4, -0.2) is 18.1 Å². The van der Waals surface area contributed by atoms with Crippen LogP contribution in [0.2, 0.25) is 0 Å². The van der Waals surface area contributed by atoms with E-state index in [1.54, 1.807) is 60.7 Å². The maximum Gasteiger partial charge on any atom is 0.416 e. The second kappa shape index (κ2) is 20.4. The monoisotopic (exact) mass is 919 g/mol. The van der Waals surface area contributed by atoms with Crippen molar-refractivity contribution >= 4 is 5.91 Å². The Balaban J connectivity index is 0.000000288.